The number of hydrogen-bond acceptors (Lipinski definition) is 3. The Morgan fingerprint density at radius 2 is 1.57 bits per heavy atom. The van der Waals surface area contributed by atoms with Gasteiger partial charge in [-0.15, -0.1) is 0 Å². The van der Waals surface area contributed by atoms with Crippen molar-refractivity contribution in [2.45, 2.75) is 59.7 Å². The second-order valence-corrected chi connectivity index (χ2v) is 8.35. The van der Waals surface area contributed by atoms with Crippen LogP contribution in [0.15, 0.2) is 23.5 Å². The van der Waals surface area contributed by atoms with E-state index in [2.05, 4.69) is 0 Å². The number of esters is 1. The molecule has 0 amide bonds. The minimum atomic E-state index is -5.13. The molecule has 3 nitrogen and oxygen atoms in total. The topological polar surface area (TPSA) is 46.5 Å². The van der Waals surface area contributed by atoms with Gasteiger partial charge in [-0.25, -0.2) is 4.79 Å². The molecule has 1 heterocycles. The Balaban J connectivity index is 2.82. The minimum Gasteiger partial charge on any atom is -0.427 e. The molecule has 0 fully saturated rings. The maximum absolute atomic E-state index is 13.4. The van der Waals surface area contributed by atoms with Crippen LogP contribution in [-0.2, 0) is 9.53 Å². The number of carbonyl (C=O) groups is 1. The van der Waals surface area contributed by atoms with Gasteiger partial charge in [0.25, 0.3) is 5.60 Å². The first-order chi connectivity index (χ1) is 10.1. The molecule has 0 aromatic carbocycles. The van der Waals surface area contributed by atoms with Crippen LogP contribution in [0.4, 0.5) is 13.2 Å². The molecule has 1 aliphatic carbocycles. The fraction of sp³-hybridized carbons (Fsp3) is 0.706. The van der Waals surface area contributed by atoms with Crippen LogP contribution in [0.5, 0.6) is 0 Å². The Labute approximate surface area is 134 Å². The number of allylic oxidation sites excluding steroid dienone is 2. The van der Waals surface area contributed by atoms with E-state index in [1.54, 1.807) is 6.08 Å². The maximum atomic E-state index is 13.4. The van der Waals surface area contributed by atoms with Crippen molar-refractivity contribution >= 4 is 5.97 Å². The van der Waals surface area contributed by atoms with Crippen molar-refractivity contribution in [2.75, 3.05) is 0 Å². The van der Waals surface area contributed by atoms with Crippen LogP contribution in [0.2, 0.25) is 0 Å². The van der Waals surface area contributed by atoms with Crippen molar-refractivity contribution in [3.63, 3.8) is 0 Å². The number of rotatable bonds is 0. The van der Waals surface area contributed by atoms with Crippen LogP contribution < -0.4 is 0 Å². The lowest BCUT2D eigenvalue weighted by Gasteiger charge is -2.54. The van der Waals surface area contributed by atoms with Gasteiger partial charge in [0.1, 0.15) is 5.76 Å². The molecule has 0 radical (unpaired) electrons. The predicted octanol–water partition coefficient (Wildman–Crippen LogP) is 4.13. The van der Waals surface area contributed by atoms with Crippen molar-refractivity contribution in [2.24, 2.45) is 16.2 Å². The van der Waals surface area contributed by atoms with Gasteiger partial charge in [0.05, 0.1) is 0 Å². The molecule has 2 aliphatic rings. The summed E-state index contributed by atoms with van der Waals surface area (Å²) >= 11 is 0. The zero-order chi connectivity index (χ0) is 18.1. The second-order valence-electron chi connectivity index (χ2n) is 8.35. The SMILES string of the molecule is CC(C)(C)C1(C(C)(C)C)CC=CC2=C1OC(=O)C2(O)C(F)(F)F. The van der Waals surface area contributed by atoms with Crippen LogP contribution in [0, 0.1) is 16.2 Å². The Kier molecular flexibility index (Phi) is 3.62. The van der Waals surface area contributed by atoms with Gasteiger partial charge in [-0.3, -0.25) is 0 Å². The van der Waals surface area contributed by atoms with Gasteiger partial charge in [0.15, 0.2) is 0 Å². The predicted molar refractivity (Wildman–Crippen MR) is 79.2 cm³/mol. The average Bonchev–Trinajstić information content (AvgIpc) is 2.59. The fourth-order valence-corrected chi connectivity index (χ4v) is 4.14. The highest BCUT2D eigenvalue weighted by Gasteiger charge is 2.71. The first-order valence-corrected chi connectivity index (χ1v) is 7.54. The van der Waals surface area contributed by atoms with Crippen LogP contribution in [0.1, 0.15) is 48.0 Å². The molecule has 2 rings (SSSR count). The molecule has 0 saturated carbocycles. The third-order valence-corrected chi connectivity index (χ3v) is 5.19. The van der Waals surface area contributed by atoms with E-state index in [4.69, 9.17) is 4.74 Å². The number of alkyl halides is 3. The molecule has 0 aromatic rings. The number of aliphatic hydroxyl groups is 1. The maximum Gasteiger partial charge on any atom is 0.432 e. The zero-order valence-corrected chi connectivity index (χ0v) is 14.3. The van der Waals surface area contributed by atoms with E-state index in [0.717, 1.165) is 0 Å². The average molecular weight is 332 g/mol. The van der Waals surface area contributed by atoms with Gasteiger partial charge < -0.3 is 9.84 Å². The Hall–Kier alpha value is -1.30. The lowest BCUT2D eigenvalue weighted by atomic mass is 9.50. The number of carbonyl (C=O) groups excluding carboxylic acids is 1. The van der Waals surface area contributed by atoms with E-state index in [0.29, 0.717) is 6.42 Å². The zero-order valence-electron chi connectivity index (χ0n) is 14.3. The molecule has 0 bridgehead atoms. The summed E-state index contributed by atoms with van der Waals surface area (Å²) in [6.45, 7) is 11.4. The Bertz CT molecular complexity index is 586. The van der Waals surface area contributed by atoms with Crippen LogP contribution >= 0.6 is 0 Å². The third-order valence-electron chi connectivity index (χ3n) is 5.19. The van der Waals surface area contributed by atoms with E-state index in [-0.39, 0.29) is 5.76 Å². The monoisotopic (exact) mass is 332 g/mol. The van der Waals surface area contributed by atoms with Crippen LogP contribution in [0.3, 0.4) is 0 Å². The molecule has 1 atom stereocenters. The summed E-state index contributed by atoms with van der Waals surface area (Å²) in [5, 5.41) is 10.1. The fourth-order valence-electron chi connectivity index (χ4n) is 4.14. The normalized spacial score (nSPS) is 28.0. The molecule has 1 unspecified atom stereocenters. The summed E-state index contributed by atoms with van der Waals surface area (Å²) in [5.41, 5.74) is -5.91. The summed E-state index contributed by atoms with van der Waals surface area (Å²) in [6, 6.07) is 0. The molecule has 6 heteroatoms. The Morgan fingerprint density at radius 1 is 1.09 bits per heavy atom. The van der Waals surface area contributed by atoms with Gasteiger partial charge in [0, 0.05) is 11.0 Å². The molecule has 23 heavy (non-hydrogen) atoms. The van der Waals surface area contributed by atoms with E-state index in [1.165, 1.54) is 6.08 Å². The van der Waals surface area contributed by atoms with Gasteiger partial charge in [-0.1, -0.05) is 53.7 Å². The number of halogens is 3. The van der Waals surface area contributed by atoms with E-state index >= 15 is 0 Å². The third kappa shape index (κ3) is 2.10. The highest BCUT2D eigenvalue weighted by Crippen LogP contribution is 2.64. The first kappa shape index (κ1) is 18.0. The van der Waals surface area contributed by atoms with E-state index in [1.807, 2.05) is 41.5 Å². The summed E-state index contributed by atoms with van der Waals surface area (Å²) in [7, 11) is 0. The van der Waals surface area contributed by atoms with Crippen molar-refractivity contribution in [3.05, 3.63) is 23.5 Å². The molecule has 0 spiro atoms. The lowest BCUT2D eigenvalue weighted by Crippen LogP contribution is -2.52. The number of ether oxygens (including phenoxy) is 1. The van der Waals surface area contributed by atoms with Gasteiger partial charge in [-0.2, -0.15) is 13.2 Å². The molecule has 1 N–H and O–H groups in total. The summed E-state index contributed by atoms with van der Waals surface area (Å²) in [4.78, 5) is 12.0. The van der Waals surface area contributed by atoms with E-state index in [9.17, 15) is 23.1 Å². The molecular weight excluding hydrogens is 309 g/mol. The van der Waals surface area contributed by atoms with Gasteiger partial charge in [0.2, 0.25) is 0 Å². The van der Waals surface area contributed by atoms with Crippen LogP contribution in [-0.4, -0.2) is 22.9 Å². The highest BCUT2D eigenvalue weighted by atomic mass is 19.4. The lowest BCUT2D eigenvalue weighted by molar-refractivity contribution is -0.241. The minimum absolute atomic E-state index is 0.0511. The highest BCUT2D eigenvalue weighted by molar-refractivity contribution is 5.90. The molecule has 130 valence electrons. The second kappa shape index (κ2) is 4.62. The molecule has 1 aliphatic heterocycles. The first-order valence-electron chi connectivity index (χ1n) is 7.54. The molecule has 0 saturated heterocycles. The summed E-state index contributed by atoms with van der Waals surface area (Å²) in [5.74, 6) is -1.72. The van der Waals surface area contributed by atoms with Crippen molar-refractivity contribution in [1.82, 2.24) is 0 Å². The van der Waals surface area contributed by atoms with Crippen LogP contribution in [0.25, 0.3) is 0 Å². The smallest absolute Gasteiger partial charge is 0.427 e. The summed E-state index contributed by atoms with van der Waals surface area (Å²) in [6.07, 6.45) is -1.94. The van der Waals surface area contributed by atoms with Crippen molar-refractivity contribution in [1.29, 1.82) is 0 Å². The quantitative estimate of drug-likeness (QED) is 0.679. The van der Waals surface area contributed by atoms with Crippen molar-refractivity contribution < 1.29 is 27.8 Å². The largest absolute Gasteiger partial charge is 0.432 e. The molecular formula is C17H23F3O3. The number of hydrogen-bond donors (Lipinski definition) is 1. The Morgan fingerprint density at radius 3 is 1.96 bits per heavy atom. The van der Waals surface area contributed by atoms with E-state index < -0.39 is 39.6 Å². The summed E-state index contributed by atoms with van der Waals surface area (Å²) < 4.78 is 45.3. The van der Waals surface area contributed by atoms with Gasteiger partial charge in [-0.05, 0) is 17.3 Å². The van der Waals surface area contributed by atoms with Crippen molar-refractivity contribution in [3.8, 4) is 0 Å². The standard InChI is InChI=1S/C17H23F3O3/c1-13(2,3)15(14(4,5)6)9-7-8-10-11(15)23-12(21)16(10,22)17(18,19)20/h7-8,22H,9H2,1-6H3. The molecule has 0 aromatic heterocycles. The van der Waals surface area contributed by atoms with Gasteiger partial charge >= 0.3 is 12.1 Å².